The maximum atomic E-state index is 11.9. The summed E-state index contributed by atoms with van der Waals surface area (Å²) in [6.07, 6.45) is 0. The van der Waals surface area contributed by atoms with Gasteiger partial charge in [-0.25, -0.2) is 13.1 Å². The van der Waals surface area contributed by atoms with Crippen molar-refractivity contribution in [3.8, 4) is 5.75 Å². The molecular weight excluding hydrogens is 306 g/mol. The van der Waals surface area contributed by atoms with Crippen LogP contribution in [0.3, 0.4) is 0 Å². The van der Waals surface area contributed by atoms with Gasteiger partial charge in [0.25, 0.3) is 0 Å². The molecule has 102 valence electrons. The zero-order valence-electron chi connectivity index (χ0n) is 10.1. The summed E-state index contributed by atoms with van der Waals surface area (Å²) in [5, 5.41) is 2.18. The molecule has 1 aromatic carbocycles. The van der Waals surface area contributed by atoms with E-state index < -0.39 is 10.0 Å². The molecule has 0 unspecified atom stereocenters. The fourth-order valence-corrected chi connectivity index (χ4v) is 3.82. The molecule has 1 N–H and O–H groups in total. The van der Waals surface area contributed by atoms with Crippen molar-refractivity contribution in [1.29, 1.82) is 0 Å². The summed E-state index contributed by atoms with van der Waals surface area (Å²) < 4.78 is 31.7. The molecule has 0 spiro atoms. The number of thiophene rings is 1. The van der Waals surface area contributed by atoms with Crippen LogP contribution in [0.15, 0.2) is 39.9 Å². The fourth-order valence-electron chi connectivity index (χ4n) is 1.49. The molecule has 1 aromatic heterocycles. The molecule has 0 aliphatic rings. The van der Waals surface area contributed by atoms with Crippen LogP contribution in [0.2, 0.25) is 5.02 Å². The van der Waals surface area contributed by atoms with Gasteiger partial charge < -0.3 is 4.74 Å². The van der Waals surface area contributed by atoms with E-state index in [1.165, 1.54) is 18.4 Å². The predicted octanol–water partition coefficient (Wildman–Crippen LogP) is 2.89. The normalized spacial score (nSPS) is 11.5. The fraction of sp³-hybridized carbons (Fsp3) is 0.167. The van der Waals surface area contributed by atoms with Gasteiger partial charge >= 0.3 is 0 Å². The standard InChI is InChI=1S/C12H12ClNO3S2/c1-17-11-5-4-9(7-10(11)13)8-14-19(15,16)12-3-2-6-18-12/h2-7,14H,8H2,1H3. The molecule has 19 heavy (non-hydrogen) atoms. The summed E-state index contributed by atoms with van der Waals surface area (Å²) in [5.41, 5.74) is 0.769. The zero-order chi connectivity index (χ0) is 13.9. The molecule has 0 saturated carbocycles. The van der Waals surface area contributed by atoms with Gasteiger partial charge in [-0.2, -0.15) is 0 Å². The van der Waals surface area contributed by atoms with E-state index in [9.17, 15) is 8.42 Å². The lowest BCUT2D eigenvalue weighted by atomic mass is 10.2. The molecule has 0 atom stereocenters. The summed E-state index contributed by atoms with van der Waals surface area (Å²) in [4.78, 5) is 0. The van der Waals surface area contributed by atoms with E-state index in [0.29, 0.717) is 15.0 Å². The first-order valence-corrected chi connectivity index (χ1v) is 8.12. The first-order valence-electron chi connectivity index (χ1n) is 5.38. The van der Waals surface area contributed by atoms with Crippen molar-refractivity contribution in [3.63, 3.8) is 0 Å². The SMILES string of the molecule is COc1ccc(CNS(=O)(=O)c2cccs2)cc1Cl. The highest BCUT2D eigenvalue weighted by Gasteiger charge is 2.14. The van der Waals surface area contributed by atoms with E-state index in [4.69, 9.17) is 16.3 Å². The van der Waals surface area contributed by atoms with Crippen molar-refractivity contribution < 1.29 is 13.2 Å². The second kappa shape index (κ2) is 5.92. The van der Waals surface area contributed by atoms with Crippen LogP contribution in [0.25, 0.3) is 0 Å². The van der Waals surface area contributed by atoms with Crippen molar-refractivity contribution in [2.75, 3.05) is 7.11 Å². The number of hydrogen-bond donors (Lipinski definition) is 1. The third-order valence-electron chi connectivity index (χ3n) is 2.44. The Kier molecular flexibility index (Phi) is 4.46. The maximum absolute atomic E-state index is 11.9. The third-order valence-corrected chi connectivity index (χ3v) is 5.54. The number of ether oxygens (including phenoxy) is 1. The molecule has 0 fully saturated rings. The van der Waals surface area contributed by atoms with Crippen LogP contribution >= 0.6 is 22.9 Å². The van der Waals surface area contributed by atoms with E-state index >= 15 is 0 Å². The number of benzene rings is 1. The molecule has 7 heteroatoms. The molecule has 0 radical (unpaired) electrons. The number of halogens is 1. The van der Waals surface area contributed by atoms with Gasteiger partial charge in [0.15, 0.2) is 0 Å². The van der Waals surface area contributed by atoms with E-state index in [1.54, 1.807) is 35.7 Å². The molecule has 1 heterocycles. The highest BCUT2D eigenvalue weighted by atomic mass is 35.5. The molecule has 0 amide bonds. The molecule has 2 aromatic rings. The zero-order valence-corrected chi connectivity index (χ0v) is 12.5. The van der Waals surface area contributed by atoms with Gasteiger partial charge in [-0.1, -0.05) is 23.7 Å². The lowest BCUT2D eigenvalue weighted by Crippen LogP contribution is -2.22. The molecular formula is C12H12ClNO3S2. The Bertz CT molecular complexity index is 654. The summed E-state index contributed by atoms with van der Waals surface area (Å²) >= 11 is 7.16. The van der Waals surface area contributed by atoms with E-state index in [-0.39, 0.29) is 6.54 Å². The summed E-state index contributed by atoms with van der Waals surface area (Å²) in [6, 6.07) is 8.41. The van der Waals surface area contributed by atoms with Crippen molar-refractivity contribution in [2.24, 2.45) is 0 Å². The van der Waals surface area contributed by atoms with E-state index in [2.05, 4.69) is 4.72 Å². The van der Waals surface area contributed by atoms with Crippen molar-refractivity contribution in [2.45, 2.75) is 10.8 Å². The minimum absolute atomic E-state index is 0.184. The van der Waals surface area contributed by atoms with Gasteiger partial charge in [0.05, 0.1) is 12.1 Å². The lowest BCUT2D eigenvalue weighted by Gasteiger charge is -2.07. The van der Waals surface area contributed by atoms with Gasteiger partial charge in [0, 0.05) is 6.54 Å². The van der Waals surface area contributed by atoms with Crippen LogP contribution in [0, 0.1) is 0 Å². The monoisotopic (exact) mass is 317 g/mol. The second-order valence-corrected chi connectivity index (χ2v) is 7.07. The molecule has 0 aliphatic heterocycles. The average Bonchev–Trinajstić information content (AvgIpc) is 2.91. The largest absolute Gasteiger partial charge is 0.495 e. The van der Waals surface area contributed by atoms with Crippen molar-refractivity contribution in [1.82, 2.24) is 4.72 Å². The van der Waals surface area contributed by atoms with Crippen molar-refractivity contribution >= 4 is 33.0 Å². The van der Waals surface area contributed by atoms with Crippen LogP contribution in [0.5, 0.6) is 5.75 Å². The lowest BCUT2D eigenvalue weighted by molar-refractivity contribution is 0.415. The third kappa shape index (κ3) is 3.48. The summed E-state index contributed by atoms with van der Waals surface area (Å²) in [7, 11) is -1.92. The second-order valence-electron chi connectivity index (χ2n) is 3.73. The summed E-state index contributed by atoms with van der Waals surface area (Å²) in [6.45, 7) is 0.184. The maximum Gasteiger partial charge on any atom is 0.250 e. The van der Waals surface area contributed by atoms with Gasteiger partial charge in [-0.3, -0.25) is 0 Å². The Morgan fingerprint density at radius 3 is 2.74 bits per heavy atom. The van der Waals surface area contributed by atoms with Gasteiger partial charge in [-0.15, -0.1) is 11.3 Å². The summed E-state index contributed by atoms with van der Waals surface area (Å²) in [5.74, 6) is 0.562. The minimum atomic E-state index is -3.45. The highest BCUT2D eigenvalue weighted by Crippen LogP contribution is 2.25. The van der Waals surface area contributed by atoms with Gasteiger partial charge in [-0.05, 0) is 29.1 Å². The minimum Gasteiger partial charge on any atom is -0.495 e. The Morgan fingerprint density at radius 2 is 2.16 bits per heavy atom. The van der Waals surface area contributed by atoms with Crippen LogP contribution in [-0.2, 0) is 16.6 Å². The number of sulfonamides is 1. The quantitative estimate of drug-likeness (QED) is 0.922. The van der Waals surface area contributed by atoms with Gasteiger partial charge in [0.2, 0.25) is 10.0 Å². The first-order chi connectivity index (χ1) is 9.03. The van der Waals surface area contributed by atoms with Crippen molar-refractivity contribution in [3.05, 3.63) is 46.3 Å². The van der Waals surface area contributed by atoms with E-state index in [1.807, 2.05) is 0 Å². The number of rotatable bonds is 5. The predicted molar refractivity (Wildman–Crippen MR) is 76.3 cm³/mol. The molecule has 4 nitrogen and oxygen atoms in total. The van der Waals surface area contributed by atoms with Crippen LogP contribution in [0.4, 0.5) is 0 Å². The van der Waals surface area contributed by atoms with Crippen LogP contribution < -0.4 is 9.46 Å². The van der Waals surface area contributed by atoms with Gasteiger partial charge in [0.1, 0.15) is 9.96 Å². The smallest absolute Gasteiger partial charge is 0.250 e. The van der Waals surface area contributed by atoms with E-state index in [0.717, 1.165) is 5.56 Å². The average molecular weight is 318 g/mol. The number of nitrogens with one attached hydrogen (secondary N) is 1. The van der Waals surface area contributed by atoms with Crippen LogP contribution in [0.1, 0.15) is 5.56 Å². The topological polar surface area (TPSA) is 55.4 Å². The Labute approximate surface area is 121 Å². The molecule has 0 aliphatic carbocycles. The Morgan fingerprint density at radius 1 is 1.37 bits per heavy atom. The molecule has 2 rings (SSSR count). The Balaban J connectivity index is 2.09. The Hall–Kier alpha value is -1.08. The first kappa shape index (κ1) is 14.3. The highest BCUT2D eigenvalue weighted by molar-refractivity contribution is 7.91. The number of hydrogen-bond acceptors (Lipinski definition) is 4. The molecule has 0 bridgehead atoms. The molecule has 0 saturated heterocycles. The van der Waals surface area contributed by atoms with Crippen LogP contribution in [-0.4, -0.2) is 15.5 Å². The number of methoxy groups -OCH3 is 1.